The van der Waals surface area contributed by atoms with E-state index in [1.807, 2.05) is 80.6 Å². The largest absolute Gasteiger partial charge is 0.343 e. The molecule has 0 bridgehead atoms. The molecule has 0 radical (unpaired) electrons. The third kappa shape index (κ3) is 6.09. The number of hydrazine groups is 1. The summed E-state index contributed by atoms with van der Waals surface area (Å²) in [4.78, 5) is 38.8. The highest BCUT2D eigenvalue weighted by atomic mass is 16.2. The molecule has 0 aliphatic carbocycles. The number of hydrogen-bond donors (Lipinski definition) is 3. The lowest BCUT2D eigenvalue weighted by molar-refractivity contribution is -0.131. The Morgan fingerprint density at radius 2 is 1.42 bits per heavy atom. The summed E-state index contributed by atoms with van der Waals surface area (Å²) in [5.74, 6) is -0.328. The van der Waals surface area contributed by atoms with Crippen molar-refractivity contribution in [2.75, 3.05) is 17.7 Å². The van der Waals surface area contributed by atoms with Crippen LogP contribution in [-0.4, -0.2) is 47.1 Å². The van der Waals surface area contributed by atoms with Gasteiger partial charge >= 0.3 is 12.1 Å². The first kappa shape index (κ1) is 24.9. The topological polar surface area (TPSA) is 93.8 Å². The monoisotopic (exact) mass is 485 g/mol. The van der Waals surface area contributed by atoms with Crippen LogP contribution in [0.3, 0.4) is 0 Å². The first-order chi connectivity index (χ1) is 17.3. The first-order valence-electron chi connectivity index (χ1n) is 11.9. The number of benzene rings is 3. The molecule has 0 unspecified atom stereocenters. The molecule has 0 spiro atoms. The number of carbonyl (C=O) groups excluding carboxylic acids is 3. The van der Waals surface area contributed by atoms with E-state index in [1.54, 1.807) is 24.2 Å². The summed E-state index contributed by atoms with van der Waals surface area (Å²) in [7, 11) is 1.70. The van der Waals surface area contributed by atoms with Crippen LogP contribution in [0.25, 0.3) is 0 Å². The molecule has 1 aliphatic rings. The maximum Gasteiger partial charge on any atom is 0.343 e. The molecular formula is C28H31N5O3. The van der Waals surface area contributed by atoms with Gasteiger partial charge in [0.05, 0.1) is 12.1 Å². The predicted octanol–water partition coefficient (Wildman–Crippen LogP) is 4.72. The van der Waals surface area contributed by atoms with E-state index in [9.17, 15) is 14.4 Å². The van der Waals surface area contributed by atoms with Gasteiger partial charge in [-0.2, -0.15) is 5.01 Å². The van der Waals surface area contributed by atoms with Crippen molar-refractivity contribution in [1.82, 2.24) is 15.3 Å². The average Bonchev–Trinajstić information content (AvgIpc) is 3.16. The third-order valence-corrected chi connectivity index (χ3v) is 6.30. The fourth-order valence-electron chi connectivity index (χ4n) is 4.32. The van der Waals surface area contributed by atoms with Crippen molar-refractivity contribution in [3.8, 4) is 0 Å². The average molecular weight is 486 g/mol. The smallest absolute Gasteiger partial charge is 0.333 e. The lowest BCUT2D eigenvalue weighted by Crippen LogP contribution is -2.54. The number of anilines is 2. The van der Waals surface area contributed by atoms with Crippen molar-refractivity contribution in [1.29, 1.82) is 0 Å². The first-order valence-corrected chi connectivity index (χ1v) is 11.9. The molecule has 186 valence electrons. The molecule has 1 fully saturated rings. The fourth-order valence-corrected chi connectivity index (χ4v) is 4.32. The zero-order valence-electron chi connectivity index (χ0n) is 20.7. The minimum absolute atomic E-state index is 0.0974. The van der Waals surface area contributed by atoms with Crippen molar-refractivity contribution in [3.63, 3.8) is 0 Å². The Balaban J connectivity index is 1.50. The van der Waals surface area contributed by atoms with E-state index in [0.717, 1.165) is 21.7 Å². The molecule has 1 heterocycles. The Morgan fingerprint density at radius 3 is 2.00 bits per heavy atom. The molecule has 8 heteroatoms. The molecule has 1 aliphatic heterocycles. The van der Waals surface area contributed by atoms with Crippen LogP contribution in [0.5, 0.6) is 0 Å². The second-order valence-electron chi connectivity index (χ2n) is 9.11. The summed E-state index contributed by atoms with van der Waals surface area (Å²) >= 11 is 0. The van der Waals surface area contributed by atoms with Gasteiger partial charge in [0.25, 0.3) is 0 Å². The molecule has 1 saturated heterocycles. The number of nitrogens with one attached hydrogen (secondary N) is 3. The van der Waals surface area contributed by atoms with Crippen LogP contribution >= 0.6 is 0 Å². The minimum Gasteiger partial charge on any atom is -0.333 e. The maximum atomic E-state index is 13.0. The summed E-state index contributed by atoms with van der Waals surface area (Å²) < 4.78 is 0. The van der Waals surface area contributed by atoms with Crippen molar-refractivity contribution in [2.45, 2.75) is 38.8 Å². The molecule has 0 aromatic heterocycles. The number of imide groups is 1. The molecule has 8 nitrogen and oxygen atoms in total. The lowest BCUT2D eigenvalue weighted by Gasteiger charge is -2.32. The zero-order valence-corrected chi connectivity index (χ0v) is 20.7. The van der Waals surface area contributed by atoms with Crippen LogP contribution < -0.4 is 16.0 Å². The van der Waals surface area contributed by atoms with Gasteiger partial charge in [0, 0.05) is 24.8 Å². The second kappa shape index (κ2) is 11.0. The van der Waals surface area contributed by atoms with E-state index < -0.39 is 18.1 Å². The molecule has 36 heavy (non-hydrogen) atoms. The van der Waals surface area contributed by atoms with E-state index in [4.69, 9.17) is 0 Å². The van der Waals surface area contributed by atoms with Crippen molar-refractivity contribution < 1.29 is 14.4 Å². The van der Waals surface area contributed by atoms with E-state index >= 15 is 0 Å². The van der Waals surface area contributed by atoms with Gasteiger partial charge < -0.3 is 16.0 Å². The third-order valence-electron chi connectivity index (χ3n) is 6.30. The Hall–Kier alpha value is -4.17. The summed E-state index contributed by atoms with van der Waals surface area (Å²) in [5.41, 5.74) is 4.46. The number of hydrogen-bond acceptors (Lipinski definition) is 4. The number of amides is 5. The molecule has 4 rings (SSSR count). The van der Waals surface area contributed by atoms with Gasteiger partial charge in [0.2, 0.25) is 5.91 Å². The van der Waals surface area contributed by atoms with E-state index in [0.29, 0.717) is 17.8 Å². The number of nitrogens with zero attached hydrogens (tertiary/aromatic N) is 2. The zero-order chi connectivity index (χ0) is 25.7. The molecular weight excluding hydrogens is 454 g/mol. The summed E-state index contributed by atoms with van der Waals surface area (Å²) in [5, 5.41) is 11.4. The Bertz CT molecular complexity index is 1210. The van der Waals surface area contributed by atoms with Gasteiger partial charge in [0.15, 0.2) is 0 Å². The van der Waals surface area contributed by atoms with E-state index in [-0.39, 0.29) is 18.4 Å². The molecule has 3 aromatic carbocycles. The Labute approximate surface area is 211 Å². The summed E-state index contributed by atoms with van der Waals surface area (Å²) in [6.45, 7) is 3.94. The number of aryl methyl sites for hydroxylation is 2. The molecule has 5 amide bonds. The summed E-state index contributed by atoms with van der Waals surface area (Å²) in [6, 6.07) is 22.9. The van der Waals surface area contributed by atoms with Gasteiger partial charge in [-0.05, 0) is 50.1 Å². The SMILES string of the molecule is Cc1ccc(NC(=O)N[C@@H](Cc2ccccc2)[C@H]2CC(=O)N(C(=O)Nc3ccc(C)cc3)N2C)cc1. The van der Waals surface area contributed by atoms with Gasteiger partial charge in [-0.15, -0.1) is 0 Å². The van der Waals surface area contributed by atoms with Crippen LogP contribution in [0.15, 0.2) is 78.9 Å². The highest BCUT2D eigenvalue weighted by molar-refractivity contribution is 6.02. The van der Waals surface area contributed by atoms with E-state index in [1.165, 1.54) is 0 Å². The van der Waals surface area contributed by atoms with Gasteiger partial charge in [0.1, 0.15) is 0 Å². The highest BCUT2D eigenvalue weighted by Gasteiger charge is 2.43. The van der Waals surface area contributed by atoms with Crippen LogP contribution in [0.1, 0.15) is 23.1 Å². The molecule has 0 saturated carbocycles. The van der Waals surface area contributed by atoms with Crippen molar-refractivity contribution in [2.24, 2.45) is 0 Å². The van der Waals surface area contributed by atoms with Crippen LogP contribution in [0.2, 0.25) is 0 Å². The predicted molar refractivity (Wildman–Crippen MR) is 140 cm³/mol. The number of rotatable bonds is 6. The fraction of sp³-hybridized carbons (Fsp3) is 0.250. The van der Waals surface area contributed by atoms with Gasteiger partial charge in [-0.3, -0.25) is 4.79 Å². The van der Waals surface area contributed by atoms with Gasteiger partial charge in [-0.25, -0.2) is 14.6 Å². The Morgan fingerprint density at radius 1 is 0.861 bits per heavy atom. The summed E-state index contributed by atoms with van der Waals surface area (Å²) in [6.07, 6.45) is 0.595. The van der Waals surface area contributed by atoms with Crippen LogP contribution in [-0.2, 0) is 11.2 Å². The standard InChI is InChI=1S/C28H31N5O3/c1-19-9-13-22(14-10-19)29-27(35)31-24(17-21-7-5-4-6-8-21)25-18-26(34)33(32(25)3)28(36)30-23-15-11-20(2)12-16-23/h4-16,24-25H,17-18H2,1-3H3,(H,30,36)(H2,29,31,35)/t24-,25+/m0/s1. The maximum absolute atomic E-state index is 13.0. The van der Waals surface area contributed by atoms with Crippen LogP contribution in [0.4, 0.5) is 21.0 Å². The second-order valence-corrected chi connectivity index (χ2v) is 9.11. The Kier molecular flexibility index (Phi) is 7.65. The number of likely N-dealkylation sites (N-methyl/N-ethyl adjacent to an activating group) is 1. The number of urea groups is 2. The lowest BCUT2D eigenvalue weighted by atomic mass is 9.97. The molecule has 2 atom stereocenters. The van der Waals surface area contributed by atoms with Crippen molar-refractivity contribution >= 4 is 29.3 Å². The van der Waals surface area contributed by atoms with E-state index in [2.05, 4.69) is 16.0 Å². The van der Waals surface area contributed by atoms with Crippen LogP contribution in [0, 0.1) is 13.8 Å². The highest BCUT2D eigenvalue weighted by Crippen LogP contribution is 2.24. The quantitative estimate of drug-likeness (QED) is 0.471. The molecule has 3 aromatic rings. The van der Waals surface area contributed by atoms with Gasteiger partial charge in [-0.1, -0.05) is 65.7 Å². The minimum atomic E-state index is -0.531. The normalized spacial score (nSPS) is 16.5. The molecule has 3 N–H and O–H groups in total. The van der Waals surface area contributed by atoms with Crippen molar-refractivity contribution in [3.05, 3.63) is 95.6 Å². The number of carbonyl (C=O) groups is 3.